The summed E-state index contributed by atoms with van der Waals surface area (Å²) in [5, 5.41) is 2.11. The maximum Gasteiger partial charge on any atom is 0.164 e. The second-order valence-electron chi connectivity index (χ2n) is 11.2. The van der Waals surface area contributed by atoms with Crippen molar-refractivity contribution in [1.82, 2.24) is 29.9 Å². The second-order valence-corrected chi connectivity index (χ2v) is 12.3. The zero-order chi connectivity index (χ0) is 31.2. The van der Waals surface area contributed by atoms with Gasteiger partial charge in [-0.15, -0.1) is 11.3 Å². The molecule has 7 heteroatoms. The minimum Gasteiger partial charge on any atom is -0.245 e. The molecule has 0 aliphatic rings. The first-order valence-corrected chi connectivity index (χ1v) is 16.1. The molecule has 0 atom stereocenters. The van der Waals surface area contributed by atoms with Crippen LogP contribution >= 0.6 is 11.3 Å². The van der Waals surface area contributed by atoms with Crippen molar-refractivity contribution < 1.29 is 0 Å². The van der Waals surface area contributed by atoms with Gasteiger partial charge in [0.05, 0.1) is 27.1 Å². The molecular formula is C40H24N6S. The van der Waals surface area contributed by atoms with E-state index in [1.165, 1.54) is 4.70 Å². The molecule has 4 heterocycles. The highest BCUT2D eigenvalue weighted by molar-refractivity contribution is 7.25. The van der Waals surface area contributed by atoms with Crippen LogP contribution < -0.4 is 0 Å². The van der Waals surface area contributed by atoms with Gasteiger partial charge in [-0.2, -0.15) is 0 Å². The molecule has 0 radical (unpaired) electrons. The molecule has 0 bridgehead atoms. The minimum absolute atomic E-state index is 0.616. The molecule has 0 saturated carbocycles. The van der Waals surface area contributed by atoms with E-state index in [0.717, 1.165) is 65.7 Å². The van der Waals surface area contributed by atoms with Gasteiger partial charge >= 0.3 is 0 Å². The quantitative estimate of drug-likeness (QED) is 0.191. The molecule has 0 fully saturated rings. The van der Waals surface area contributed by atoms with E-state index in [2.05, 4.69) is 65.6 Å². The molecule has 0 unspecified atom stereocenters. The first kappa shape index (κ1) is 27.2. The topological polar surface area (TPSA) is 77.3 Å². The van der Waals surface area contributed by atoms with Crippen molar-refractivity contribution in [3.63, 3.8) is 0 Å². The molecular weight excluding hydrogens is 597 g/mol. The second kappa shape index (κ2) is 11.3. The summed E-state index contributed by atoms with van der Waals surface area (Å²) in [6.07, 6.45) is 1.62. The average molecular weight is 621 g/mol. The van der Waals surface area contributed by atoms with Crippen molar-refractivity contribution in [2.75, 3.05) is 0 Å². The lowest BCUT2D eigenvalue weighted by Gasteiger charge is -2.10. The Hall–Kier alpha value is -6.18. The van der Waals surface area contributed by atoms with Crippen LogP contribution in [0.2, 0.25) is 0 Å². The van der Waals surface area contributed by atoms with Crippen molar-refractivity contribution in [3.8, 4) is 56.7 Å². The maximum absolute atomic E-state index is 5.10. The van der Waals surface area contributed by atoms with Gasteiger partial charge in [-0.3, -0.25) is 0 Å². The fourth-order valence-corrected chi connectivity index (χ4v) is 6.99. The lowest BCUT2D eigenvalue weighted by Crippen LogP contribution is -2.00. The van der Waals surface area contributed by atoms with E-state index >= 15 is 0 Å². The highest BCUT2D eigenvalue weighted by atomic mass is 32.1. The third-order valence-corrected chi connectivity index (χ3v) is 9.38. The highest BCUT2D eigenvalue weighted by Gasteiger charge is 2.15. The number of nitrogens with zero attached hydrogens (tertiary/aromatic N) is 6. The van der Waals surface area contributed by atoms with Crippen LogP contribution in [-0.2, 0) is 0 Å². The molecule has 0 aliphatic heterocycles. The van der Waals surface area contributed by atoms with Gasteiger partial charge < -0.3 is 0 Å². The minimum atomic E-state index is 0.616. The number of benzene rings is 5. The molecule has 47 heavy (non-hydrogen) atoms. The zero-order valence-corrected chi connectivity index (χ0v) is 25.8. The van der Waals surface area contributed by atoms with E-state index in [1.54, 1.807) is 17.7 Å². The molecule has 4 aromatic heterocycles. The third-order valence-electron chi connectivity index (χ3n) is 8.25. The largest absolute Gasteiger partial charge is 0.245 e. The van der Waals surface area contributed by atoms with Crippen LogP contribution in [0.25, 0.3) is 87.9 Å². The lowest BCUT2D eigenvalue weighted by atomic mass is 9.99. The van der Waals surface area contributed by atoms with Gasteiger partial charge in [0.25, 0.3) is 0 Å². The average Bonchev–Trinajstić information content (AvgIpc) is 3.53. The Labute approximate surface area is 274 Å². The van der Waals surface area contributed by atoms with E-state index in [-0.39, 0.29) is 0 Å². The van der Waals surface area contributed by atoms with Crippen LogP contribution in [0.5, 0.6) is 0 Å². The Morgan fingerprint density at radius 3 is 1.81 bits per heavy atom. The molecule has 0 saturated heterocycles. The molecule has 9 aromatic rings. The first-order chi connectivity index (χ1) is 23.3. The van der Waals surface area contributed by atoms with Gasteiger partial charge in [0.15, 0.2) is 17.5 Å². The van der Waals surface area contributed by atoms with Crippen LogP contribution in [0.4, 0.5) is 0 Å². The number of hydrogen-bond acceptors (Lipinski definition) is 7. The van der Waals surface area contributed by atoms with Gasteiger partial charge in [-0.25, -0.2) is 29.9 Å². The summed E-state index contributed by atoms with van der Waals surface area (Å²) in [5.74, 6) is 1.88. The van der Waals surface area contributed by atoms with E-state index in [0.29, 0.717) is 17.5 Å². The van der Waals surface area contributed by atoms with Gasteiger partial charge in [0.1, 0.15) is 6.33 Å². The van der Waals surface area contributed by atoms with Gasteiger partial charge in [-0.05, 0) is 47.5 Å². The predicted molar refractivity (Wildman–Crippen MR) is 191 cm³/mol. The normalized spacial score (nSPS) is 11.4. The lowest BCUT2D eigenvalue weighted by molar-refractivity contribution is 1.07. The Morgan fingerprint density at radius 1 is 0.404 bits per heavy atom. The fraction of sp³-hybridized carbons (Fsp3) is 0. The zero-order valence-electron chi connectivity index (χ0n) is 24.9. The van der Waals surface area contributed by atoms with E-state index in [4.69, 9.17) is 24.9 Å². The number of aromatic nitrogens is 6. The van der Waals surface area contributed by atoms with Crippen LogP contribution in [-0.4, -0.2) is 29.9 Å². The summed E-state index contributed by atoms with van der Waals surface area (Å²) in [4.78, 5) is 29.1. The molecule has 0 amide bonds. The third kappa shape index (κ3) is 4.99. The Bertz CT molecular complexity index is 2520. The predicted octanol–water partition coefficient (Wildman–Crippen LogP) is 9.91. The van der Waals surface area contributed by atoms with E-state index in [1.807, 2.05) is 78.9 Å². The van der Waals surface area contributed by atoms with Crippen molar-refractivity contribution in [1.29, 1.82) is 0 Å². The fourth-order valence-electron chi connectivity index (χ4n) is 5.94. The summed E-state index contributed by atoms with van der Waals surface area (Å²) in [5.41, 5.74) is 8.36. The van der Waals surface area contributed by atoms with E-state index in [9.17, 15) is 0 Å². The molecule has 9 rings (SSSR count). The molecule has 0 N–H and O–H groups in total. The maximum atomic E-state index is 5.10. The molecule has 5 aromatic carbocycles. The van der Waals surface area contributed by atoms with Crippen molar-refractivity contribution in [3.05, 3.63) is 146 Å². The van der Waals surface area contributed by atoms with Gasteiger partial charge in [0.2, 0.25) is 0 Å². The Morgan fingerprint density at radius 2 is 1.04 bits per heavy atom. The van der Waals surface area contributed by atoms with Crippen molar-refractivity contribution in [2.45, 2.75) is 0 Å². The smallest absolute Gasteiger partial charge is 0.164 e. The molecule has 0 spiro atoms. The molecule has 6 nitrogen and oxygen atoms in total. The molecule has 220 valence electrons. The monoisotopic (exact) mass is 620 g/mol. The van der Waals surface area contributed by atoms with Crippen molar-refractivity contribution >= 4 is 42.5 Å². The SMILES string of the molecule is c1ccc(-c2nc(-c3ccccc3)nc(-c3cccc(-c4ccc5ncnc(-c6ccc7sc8ccccc8c7n6)c5c4)c3)n2)cc1. The van der Waals surface area contributed by atoms with Crippen LogP contribution in [0.3, 0.4) is 0 Å². The number of thiophene rings is 1. The van der Waals surface area contributed by atoms with Gasteiger partial charge in [-0.1, -0.05) is 103 Å². The Balaban J connectivity index is 1.15. The summed E-state index contributed by atoms with van der Waals surface area (Å²) in [7, 11) is 0. The summed E-state index contributed by atoms with van der Waals surface area (Å²) in [6.45, 7) is 0. The standard InChI is InChI=1S/C40H24N6S/c1-3-10-25(11-4-1)38-44-39(26-12-5-2-6-13-26)46-40(45-38)29-15-9-14-27(22-29)28-18-19-32-31(23-28)36(42-24-41-32)33-20-21-35-37(43-33)30-16-7-8-17-34(30)47-35/h1-24H. The highest BCUT2D eigenvalue weighted by Crippen LogP contribution is 2.36. The summed E-state index contributed by atoms with van der Waals surface area (Å²) in [6, 6.07) is 47.3. The van der Waals surface area contributed by atoms with Crippen molar-refractivity contribution in [2.24, 2.45) is 0 Å². The number of fused-ring (bicyclic) bond motifs is 4. The Kier molecular flexibility index (Phi) is 6.54. The summed E-state index contributed by atoms with van der Waals surface area (Å²) < 4.78 is 2.39. The number of pyridine rings is 1. The van der Waals surface area contributed by atoms with Crippen LogP contribution in [0, 0.1) is 0 Å². The van der Waals surface area contributed by atoms with E-state index < -0.39 is 0 Å². The van der Waals surface area contributed by atoms with Crippen LogP contribution in [0.15, 0.2) is 146 Å². The summed E-state index contributed by atoms with van der Waals surface area (Å²) >= 11 is 1.76. The van der Waals surface area contributed by atoms with Gasteiger partial charge in [0, 0.05) is 32.2 Å². The number of rotatable bonds is 5. The van der Waals surface area contributed by atoms with Crippen LogP contribution in [0.1, 0.15) is 0 Å². The number of hydrogen-bond donors (Lipinski definition) is 0. The first-order valence-electron chi connectivity index (χ1n) is 15.3. The molecule has 0 aliphatic carbocycles.